The lowest BCUT2D eigenvalue weighted by atomic mass is 10.0. The fraction of sp³-hybridized carbons (Fsp3) is 0.235. The number of nitrogens with one attached hydrogen (secondary N) is 1. The van der Waals surface area contributed by atoms with Gasteiger partial charge in [0.05, 0.1) is 15.6 Å². The molecule has 2 amide bonds. The minimum atomic E-state index is -4.24. The van der Waals surface area contributed by atoms with Gasteiger partial charge in [0.2, 0.25) is 11.8 Å². The molecular formula is C34H35Cl2N3O4S. The Balaban J connectivity index is 1.82. The van der Waals surface area contributed by atoms with Gasteiger partial charge in [0.1, 0.15) is 12.6 Å². The number of rotatable bonds is 13. The molecule has 4 rings (SSSR count). The molecule has 0 aliphatic heterocycles. The van der Waals surface area contributed by atoms with Gasteiger partial charge in [-0.05, 0) is 54.8 Å². The number of amides is 2. The molecule has 0 bridgehead atoms. The van der Waals surface area contributed by atoms with Crippen LogP contribution in [0.3, 0.4) is 0 Å². The van der Waals surface area contributed by atoms with Crippen LogP contribution < -0.4 is 9.62 Å². The van der Waals surface area contributed by atoms with Crippen molar-refractivity contribution in [1.82, 2.24) is 10.2 Å². The van der Waals surface area contributed by atoms with Crippen molar-refractivity contribution in [3.8, 4) is 0 Å². The van der Waals surface area contributed by atoms with Crippen LogP contribution in [-0.2, 0) is 32.6 Å². The van der Waals surface area contributed by atoms with Crippen molar-refractivity contribution in [3.05, 3.63) is 130 Å². The van der Waals surface area contributed by atoms with Gasteiger partial charge in [-0.1, -0.05) is 109 Å². The first-order valence-electron chi connectivity index (χ1n) is 14.3. The van der Waals surface area contributed by atoms with Crippen LogP contribution in [0.15, 0.2) is 114 Å². The fourth-order valence-electron chi connectivity index (χ4n) is 4.69. The van der Waals surface area contributed by atoms with Crippen LogP contribution in [0, 0.1) is 0 Å². The van der Waals surface area contributed by atoms with Crippen LogP contribution in [0.2, 0.25) is 10.0 Å². The fourth-order valence-corrected chi connectivity index (χ4v) is 6.63. The van der Waals surface area contributed by atoms with Crippen LogP contribution in [0.1, 0.15) is 31.4 Å². The van der Waals surface area contributed by atoms with Gasteiger partial charge in [-0.2, -0.15) is 0 Å². The Morgan fingerprint density at radius 3 is 1.98 bits per heavy atom. The summed E-state index contributed by atoms with van der Waals surface area (Å²) in [4.78, 5) is 29.8. The molecule has 0 aliphatic carbocycles. The van der Waals surface area contributed by atoms with E-state index in [2.05, 4.69) is 5.32 Å². The summed E-state index contributed by atoms with van der Waals surface area (Å²) in [5.74, 6) is -0.941. The second-order valence-electron chi connectivity index (χ2n) is 10.4. The second-order valence-corrected chi connectivity index (χ2v) is 13.1. The average Bonchev–Trinajstić information content (AvgIpc) is 3.03. The molecule has 0 aromatic heterocycles. The highest BCUT2D eigenvalue weighted by Gasteiger charge is 2.35. The van der Waals surface area contributed by atoms with Crippen molar-refractivity contribution in [2.24, 2.45) is 0 Å². The average molecular weight is 653 g/mol. The summed E-state index contributed by atoms with van der Waals surface area (Å²) in [5, 5.41) is 3.60. The van der Waals surface area contributed by atoms with Gasteiger partial charge in [0, 0.05) is 24.0 Å². The van der Waals surface area contributed by atoms with E-state index in [1.165, 1.54) is 17.0 Å². The van der Waals surface area contributed by atoms with Crippen LogP contribution in [0.25, 0.3) is 0 Å². The lowest BCUT2D eigenvalue weighted by Crippen LogP contribution is -2.54. The largest absolute Gasteiger partial charge is 0.352 e. The van der Waals surface area contributed by atoms with E-state index in [1.807, 2.05) is 44.2 Å². The molecule has 0 saturated carbocycles. The van der Waals surface area contributed by atoms with Crippen molar-refractivity contribution >= 4 is 50.7 Å². The van der Waals surface area contributed by atoms with E-state index in [0.29, 0.717) is 17.0 Å². The molecule has 0 saturated heterocycles. The Hall–Kier alpha value is -3.85. The van der Waals surface area contributed by atoms with E-state index in [1.54, 1.807) is 66.7 Å². The Morgan fingerprint density at radius 2 is 1.36 bits per heavy atom. The van der Waals surface area contributed by atoms with Gasteiger partial charge in [-0.3, -0.25) is 13.9 Å². The summed E-state index contributed by atoms with van der Waals surface area (Å²) in [5.41, 5.74) is 1.61. The molecule has 44 heavy (non-hydrogen) atoms. The number of nitrogens with zero attached hydrogens (tertiary/aromatic N) is 2. The Kier molecular flexibility index (Phi) is 11.4. The van der Waals surface area contributed by atoms with Gasteiger partial charge in [0.25, 0.3) is 10.0 Å². The summed E-state index contributed by atoms with van der Waals surface area (Å²) >= 11 is 13.0. The topological polar surface area (TPSA) is 86.8 Å². The number of anilines is 1. The molecule has 1 N–H and O–H groups in total. The molecule has 0 fully saturated rings. The molecule has 2 atom stereocenters. The summed E-state index contributed by atoms with van der Waals surface area (Å²) in [6.45, 7) is 3.22. The monoisotopic (exact) mass is 651 g/mol. The van der Waals surface area contributed by atoms with Gasteiger partial charge in [-0.25, -0.2) is 8.42 Å². The number of sulfonamides is 1. The molecule has 230 valence electrons. The maximum Gasteiger partial charge on any atom is 0.264 e. The van der Waals surface area contributed by atoms with E-state index in [9.17, 15) is 18.0 Å². The zero-order chi connectivity index (χ0) is 31.7. The summed E-state index contributed by atoms with van der Waals surface area (Å²) in [7, 11) is -4.24. The lowest BCUT2D eigenvalue weighted by Gasteiger charge is -2.34. The van der Waals surface area contributed by atoms with E-state index in [-0.39, 0.29) is 40.5 Å². The van der Waals surface area contributed by atoms with Gasteiger partial charge in [0.15, 0.2) is 0 Å². The predicted octanol–water partition coefficient (Wildman–Crippen LogP) is 6.74. The molecule has 4 aromatic carbocycles. The second kappa shape index (κ2) is 15.2. The van der Waals surface area contributed by atoms with Crippen molar-refractivity contribution in [3.63, 3.8) is 0 Å². The van der Waals surface area contributed by atoms with Crippen LogP contribution in [-0.4, -0.2) is 43.8 Å². The highest BCUT2D eigenvalue weighted by atomic mass is 35.5. The first-order valence-corrected chi connectivity index (χ1v) is 16.5. The van der Waals surface area contributed by atoms with Crippen molar-refractivity contribution in [1.29, 1.82) is 0 Å². The maximum absolute atomic E-state index is 14.5. The Morgan fingerprint density at radius 1 is 0.795 bits per heavy atom. The SMILES string of the molecule is CC[C@@H](C)NC(=O)[C@H](Cc1ccccc1)N(Cc1ccccc1Cl)C(=O)CN(c1ccccc1Cl)S(=O)(=O)c1ccccc1. The third kappa shape index (κ3) is 8.20. The number of hydrogen-bond donors (Lipinski definition) is 1. The highest BCUT2D eigenvalue weighted by Crippen LogP contribution is 2.31. The number of carbonyl (C=O) groups is 2. The van der Waals surface area contributed by atoms with Crippen LogP contribution in [0.5, 0.6) is 0 Å². The van der Waals surface area contributed by atoms with E-state index in [4.69, 9.17) is 23.2 Å². The highest BCUT2D eigenvalue weighted by molar-refractivity contribution is 7.92. The van der Waals surface area contributed by atoms with Crippen molar-refractivity contribution in [2.75, 3.05) is 10.8 Å². The third-order valence-corrected chi connectivity index (χ3v) is 9.76. The maximum atomic E-state index is 14.5. The number of halogens is 2. The molecule has 7 nitrogen and oxygen atoms in total. The number of para-hydroxylation sites is 1. The molecule has 0 spiro atoms. The molecule has 4 aromatic rings. The van der Waals surface area contributed by atoms with Gasteiger partial charge < -0.3 is 10.2 Å². The van der Waals surface area contributed by atoms with Gasteiger partial charge in [-0.15, -0.1) is 0 Å². The van der Waals surface area contributed by atoms with Gasteiger partial charge >= 0.3 is 0 Å². The van der Waals surface area contributed by atoms with Crippen LogP contribution in [0.4, 0.5) is 5.69 Å². The zero-order valence-electron chi connectivity index (χ0n) is 24.6. The molecule has 0 unspecified atom stereocenters. The molecule has 0 aliphatic rings. The van der Waals surface area contributed by atoms with E-state index in [0.717, 1.165) is 9.87 Å². The lowest BCUT2D eigenvalue weighted by molar-refractivity contribution is -0.140. The number of benzene rings is 4. The zero-order valence-corrected chi connectivity index (χ0v) is 26.9. The standard InChI is InChI=1S/C34H35Cl2N3O4S/c1-3-25(2)37-34(41)32(22-26-14-6-4-7-15-26)38(23-27-16-10-11-19-29(27)35)33(40)24-39(31-21-13-12-20-30(31)36)44(42,43)28-17-8-5-9-18-28/h4-21,25,32H,3,22-24H2,1-2H3,(H,37,41)/t25-,32+/m1/s1. The third-order valence-electron chi connectivity index (χ3n) is 7.30. The predicted molar refractivity (Wildman–Crippen MR) is 176 cm³/mol. The van der Waals surface area contributed by atoms with Crippen molar-refractivity contribution in [2.45, 2.75) is 50.2 Å². The molecular weight excluding hydrogens is 617 g/mol. The minimum absolute atomic E-state index is 0.000669. The van der Waals surface area contributed by atoms with Crippen molar-refractivity contribution < 1.29 is 18.0 Å². The first-order chi connectivity index (χ1) is 21.1. The van der Waals surface area contributed by atoms with E-state index >= 15 is 0 Å². The molecule has 0 radical (unpaired) electrons. The Bertz CT molecular complexity index is 1670. The summed E-state index contributed by atoms with van der Waals surface area (Å²) < 4.78 is 29.1. The summed E-state index contributed by atoms with van der Waals surface area (Å²) in [6.07, 6.45) is 0.898. The summed E-state index contributed by atoms with van der Waals surface area (Å²) in [6, 6.07) is 29.6. The first kappa shape index (κ1) is 33.1. The minimum Gasteiger partial charge on any atom is -0.352 e. The smallest absolute Gasteiger partial charge is 0.264 e. The Labute approximate surface area is 269 Å². The number of carbonyl (C=O) groups excluding carboxylic acids is 2. The quantitative estimate of drug-likeness (QED) is 0.173. The number of hydrogen-bond acceptors (Lipinski definition) is 4. The van der Waals surface area contributed by atoms with Crippen LogP contribution >= 0.6 is 23.2 Å². The molecule has 10 heteroatoms. The van der Waals surface area contributed by atoms with E-state index < -0.39 is 28.5 Å². The molecule has 0 heterocycles. The normalized spacial score (nSPS) is 12.6.